The summed E-state index contributed by atoms with van der Waals surface area (Å²) in [6, 6.07) is 7.85. The first-order chi connectivity index (χ1) is 10.6. The molecule has 5 heteroatoms. The van der Waals surface area contributed by atoms with Crippen molar-refractivity contribution in [2.24, 2.45) is 0 Å². The predicted molar refractivity (Wildman–Crippen MR) is 95.1 cm³/mol. The lowest BCUT2D eigenvalue weighted by atomic mass is 10.1. The Balaban J connectivity index is 2.16. The summed E-state index contributed by atoms with van der Waals surface area (Å²) in [6.45, 7) is 9.80. The number of halogens is 1. The van der Waals surface area contributed by atoms with Crippen molar-refractivity contribution in [3.8, 4) is 0 Å². The number of carbonyl (C=O) groups is 1. The van der Waals surface area contributed by atoms with Crippen LogP contribution < -0.4 is 0 Å². The van der Waals surface area contributed by atoms with E-state index in [9.17, 15) is 4.79 Å². The zero-order valence-corrected chi connectivity index (χ0v) is 15.9. The molecule has 1 saturated heterocycles. The minimum absolute atomic E-state index is 0.150. The number of ether oxygens (including phenoxy) is 2. The van der Waals surface area contributed by atoms with Gasteiger partial charge in [-0.25, -0.2) is 4.79 Å². The zero-order valence-electron chi connectivity index (χ0n) is 14.3. The van der Waals surface area contributed by atoms with Crippen molar-refractivity contribution in [3.05, 3.63) is 40.4 Å². The fourth-order valence-electron chi connectivity index (χ4n) is 2.44. The van der Waals surface area contributed by atoms with Gasteiger partial charge in [-0.05, 0) is 52.3 Å². The molecule has 0 aliphatic carbocycles. The van der Waals surface area contributed by atoms with Crippen LogP contribution >= 0.6 is 15.9 Å². The van der Waals surface area contributed by atoms with Gasteiger partial charge in [-0.1, -0.05) is 40.2 Å². The van der Waals surface area contributed by atoms with Gasteiger partial charge in [-0.3, -0.25) is 4.90 Å². The Morgan fingerprint density at radius 2 is 1.96 bits per heavy atom. The standard InChI is InChI=1S/C18H24BrNO3/c1-17(2,3)23-16(21)20-15(12-22-18(20,4)5)11-8-13-6-9-14(19)10-7-13/h6-11,15H,12H2,1-5H3/b11-8+/t15-/m0/s1. The first kappa shape index (κ1) is 18.0. The van der Waals surface area contributed by atoms with Crippen LogP contribution in [-0.2, 0) is 9.47 Å². The van der Waals surface area contributed by atoms with E-state index < -0.39 is 11.3 Å². The Morgan fingerprint density at radius 1 is 1.35 bits per heavy atom. The molecule has 1 heterocycles. The number of benzene rings is 1. The minimum atomic E-state index is -0.683. The second-order valence-corrected chi connectivity index (χ2v) is 8.00. The normalized spacial score (nSPS) is 21.0. The number of amides is 1. The maximum absolute atomic E-state index is 12.5. The molecule has 1 aromatic rings. The topological polar surface area (TPSA) is 38.8 Å². The fourth-order valence-corrected chi connectivity index (χ4v) is 2.70. The highest BCUT2D eigenvalue weighted by atomic mass is 79.9. The Labute approximate surface area is 146 Å². The fraction of sp³-hybridized carbons (Fsp3) is 0.500. The molecule has 126 valence electrons. The summed E-state index contributed by atoms with van der Waals surface area (Å²) in [4.78, 5) is 14.2. The molecular weight excluding hydrogens is 358 g/mol. The monoisotopic (exact) mass is 381 g/mol. The van der Waals surface area contributed by atoms with E-state index >= 15 is 0 Å². The first-order valence-corrected chi connectivity index (χ1v) is 8.48. The number of rotatable bonds is 2. The summed E-state index contributed by atoms with van der Waals surface area (Å²) < 4.78 is 12.3. The maximum atomic E-state index is 12.5. The summed E-state index contributed by atoms with van der Waals surface area (Å²) in [6.07, 6.45) is 3.63. The van der Waals surface area contributed by atoms with Crippen LogP contribution in [0.2, 0.25) is 0 Å². The number of hydrogen-bond acceptors (Lipinski definition) is 3. The average molecular weight is 382 g/mol. The molecule has 1 aliphatic heterocycles. The van der Waals surface area contributed by atoms with Crippen molar-refractivity contribution in [1.82, 2.24) is 4.90 Å². The zero-order chi connectivity index (χ0) is 17.3. The van der Waals surface area contributed by atoms with Crippen LogP contribution in [0.15, 0.2) is 34.8 Å². The van der Waals surface area contributed by atoms with Gasteiger partial charge in [0.05, 0.1) is 12.6 Å². The number of nitrogens with zero attached hydrogens (tertiary/aromatic N) is 1. The smallest absolute Gasteiger partial charge is 0.413 e. The van der Waals surface area contributed by atoms with E-state index in [4.69, 9.17) is 9.47 Å². The third-order valence-corrected chi connectivity index (χ3v) is 4.02. The Kier molecular flexibility index (Phi) is 5.21. The molecule has 1 aromatic carbocycles. The van der Waals surface area contributed by atoms with Crippen molar-refractivity contribution < 1.29 is 14.3 Å². The molecular formula is C18H24BrNO3. The lowest BCUT2D eigenvalue weighted by molar-refractivity contribution is -0.0610. The third kappa shape index (κ3) is 4.82. The summed E-state index contributed by atoms with van der Waals surface area (Å²) in [5.74, 6) is 0. The van der Waals surface area contributed by atoms with E-state index in [1.807, 2.05) is 71.0 Å². The van der Waals surface area contributed by atoms with E-state index in [-0.39, 0.29) is 12.1 Å². The molecule has 0 aromatic heterocycles. The lowest BCUT2D eigenvalue weighted by Gasteiger charge is -2.34. The largest absolute Gasteiger partial charge is 0.444 e. The quantitative estimate of drug-likeness (QED) is 0.735. The lowest BCUT2D eigenvalue weighted by Crippen LogP contribution is -2.49. The minimum Gasteiger partial charge on any atom is -0.444 e. The van der Waals surface area contributed by atoms with E-state index in [1.165, 1.54) is 0 Å². The SMILES string of the molecule is CC(C)(C)OC(=O)N1[C@@H](/C=C/c2ccc(Br)cc2)COC1(C)C. The molecule has 0 N–H and O–H groups in total. The maximum Gasteiger partial charge on any atom is 0.413 e. The van der Waals surface area contributed by atoms with Crippen LogP contribution in [0.5, 0.6) is 0 Å². The Morgan fingerprint density at radius 3 is 2.52 bits per heavy atom. The molecule has 23 heavy (non-hydrogen) atoms. The highest BCUT2D eigenvalue weighted by Gasteiger charge is 2.44. The average Bonchev–Trinajstić information content (AvgIpc) is 2.71. The molecule has 0 spiro atoms. The van der Waals surface area contributed by atoms with Crippen LogP contribution in [0, 0.1) is 0 Å². The van der Waals surface area contributed by atoms with E-state index in [0.29, 0.717) is 6.61 Å². The molecule has 1 fully saturated rings. The van der Waals surface area contributed by atoms with Gasteiger partial charge in [0.15, 0.2) is 0 Å². The number of carbonyl (C=O) groups excluding carboxylic acids is 1. The van der Waals surface area contributed by atoms with E-state index in [0.717, 1.165) is 10.0 Å². The van der Waals surface area contributed by atoms with Crippen LogP contribution in [0.4, 0.5) is 4.79 Å². The van der Waals surface area contributed by atoms with Gasteiger partial charge >= 0.3 is 6.09 Å². The highest BCUT2D eigenvalue weighted by Crippen LogP contribution is 2.30. The van der Waals surface area contributed by atoms with Gasteiger partial charge in [-0.2, -0.15) is 0 Å². The second kappa shape index (κ2) is 6.65. The highest BCUT2D eigenvalue weighted by molar-refractivity contribution is 9.10. The van der Waals surface area contributed by atoms with Crippen LogP contribution in [-0.4, -0.2) is 35.0 Å². The van der Waals surface area contributed by atoms with Crippen LogP contribution in [0.25, 0.3) is 6.08 Å². The number of hydrogen-bond donors (Lipinski definition) is 0. The van der Waals surface area contributed by atoms with Gasteiger partial charge in [0.2, 0.25) is 0 Å². The summed E-state index contributed by atoms with van der Waals surface area (Å²) in [5, 5.41) is 0. The predicted octanol–water partition coefficient (Wildman–Crippen LogP) is 4.83. The van der Waals surface area contributed by atoms with Crippen molar-refractivity contribution in [1.29, 1.82) is 0 Å². The van der Waals surface area contributed by atoms with Crippen LogP contribution in [0.3, 0.4) is 0 Å². The van der Waals surface area contributed by atoms with Crippen molar-refractivity contribution >= 4 is 28.1 Å². The molecule has 0 bridgehead atoms. The first-order valence-electron chi connectivity index (χ1n) is 7.68. The molecule has 0 saturated carbocycles. The van der Waals surface area contributed by atoms with Gasteiger partial charge < -0.3 is 9.47 Å². The summed E-state index contributed by atoms with van der Waals surface area (Å²) in [7, 11) is 0. The molecule has 1 aliphatic rings. The molecule has 0 unspecified atom stereocenters. The van der Waals surface area contributed by atoms with Crippen molar-refractivity contribution in [2.75, 3.05) is 6.61 Å². The van der Waals surface area contributed by atoms with Gasteiger partial charge in [-0.15, -0.1) is 0 Å². The van der Waals surface area contributed by atoms with Gasteiger partial charge in [0.1, 0.15) is 11.3 Å². The van der Waals surface area contributed by atoms with Crippen molar-refractivity contribution in [3.63, 3.8) is 0 Å². The molecule has 0 radical (unpaired) electrons. The summed E-state index contributed by atoms with van der Waals surface area (Å²) >= 11 is 3.42. The van der Waals surface area contributed by atoms with Crippen molar-refractivity contribution in [2.45, 2.75) is 52.0 Å². The van der Waals surface area contributed by atoms with Crippen LogP contribution in [0.1, 0.15) is 40.2 Å². The van der Waals surface area contributed by atoms with Gasteiger partial charge in [0, 0.05) is 4.47 Å². The molecule has 2 rings (SSSR count). The molecule has 4 nitrogen and oxygen atoms in total. The van der Waals surface area contributed by atoms with Gasteiger partial charge in [0.25, 0.3) is 0 Å². The summed E-state index contributed by atoms with van der Waals surface area (Å²) in [5.41, 5.74) is -0.144. The molecule has 1 amide bonds. The molecule has 1 atom stereocenters. The Bertz CT molecular complexity index is 587. The Hall–Kier alpha value is -1.33. The van der Waals surface area contributed by atoms with E-state index in [2.05, 4.69) is 15.9 Å². The second-order valence-electron chi connectivity index (χ2n) is 7.09. The third-order valence-electron chi connectivity index (χ3n) is 3.49. The van der Waals surface area contributed by atoms with E-state index in [1.54, 1.807) is 4.90 Å².